The van der Waals surface area contributed by atoms with Gasteiger partial charge < -0.3 is 33.5 Å². The molecule has 8 heterocycles. The third kappa shape index (κ3) is 4.35. The minimum atomic E-state index is -0.944. The Labute approximate surface area is 259 Å². The van der Waals surface area contributed by atoms with Crippen molar-refractivity contribution >= 4 is 0 Å². The Morgan fingerprint density at radius 3 is 1.57 bits per heavy atom. The van der Waals surface area contributed by atoms with Crippen molar-refractivity contribution in [3.8, 4) is 0 Å². The van der Waals surface area contributed by atoms with Crippen LogP contribution in [0, 0.1) is 35.5 Å². The van der Waals surface area contributed by atoms with Crippen LogP contribution < -0.4 is 0 Å². The van der Waals surface area contributed by atoms with Crippen molar-refractivity contribution in [2.45, 2.75) is 133 Å². The lowest BCUT2D eigenvalue weighted by molar-refractivity contribution is -0.568. The lowest BCUT2D eigenvalue weighted by atomic mass is 9.59. The first-order chi connectivity index (χ1) is 21.0. The van der Waals surface area contributed by atoms with E-state index in [1.165, 1.54) is 0 Å². The summed E-state index contributed by atoms with van der Waals surface area (Å²) >= 11 is 0. The van der Waals surface area contributed by atoms with Crippen LogP contribution >= 0.6 is 0 Å². The third-order valence-electron chi connectivity index (χ3n) is 12.3. The van der Waals surface area contributed by atoms with Crippen molar-refractivity contribution in [1.82, 2.24) is 0 Å². The quantitative estimate of drug-likeness (QED) is 0.331. The predicted molar refractivity (Wildman–Crippen MR) is 152 cm³/mol. The zero-order valence-corrected chi connectivity index (χ0v) is 26.4. The lowest BCUT2D eigenvalue weighted by Gasteiger charge is -2.58. The summed E-state index contributed by atoms with van der Waals surface area (Å²) in [5.41, 5.74) is 0.0825. The number of ether oxygens (including phenoxy) is 6. The molecule has 2 saturated carbocycles. The summed E-state index contributed by atoms with van der Waals surface area (Å²) < 4.78 is 37.9. The molecule has 0 aromatic carbocycles. The predicted octanol–water partition coefficient (Wildman–Crippen LogP) is 4.64. The molecule has 0 amide bonds. The van der Waals surface area contributed by atoms with Gasteiger partial charge in [0.25, 0.3) is 0 Å². The van der Waals surface area contributed by atoms with Crippen LogP contribution in [-0.2, 0) is 48.0 Å². The SMILES string of the molecule is C=C1[C@@H](OCC(O)CO[C@H]2O[C@@H]3O[C@]4(C)CC[C@H]5[C@H](C)CC[C@@H](C2=C)[C@@]35OO4)O[C@@H]2O[C@]3(C)CC[C@H]4[C@H](C)CC[C@@H]1[C@@]24OO3. The summed E-state index contributed by atoms with van der Waals surface area (Å²) in [5, 5.41) is 11.0. The zero-order valence-electron chi connectivity index (χ0n) is 26.4. The van der Waals surface area contributed by atoms with Gasteiger partial charge in [-0.25, -0.2) is 19.6 Å². The van der Waals surface area contributed by atoms with E-state index >= 15 is 0 Å². The van der Waals surface area contributed by atoms with Gasteiger partial charge in [0.05, 0.1) is 13.2 Å². The molecule has 0 aromatic rings. The molecule has 14 atom stereocenters. The van der Waals surface area contributed by atoms with Crippen molar-refractivity contribution < 1.29 is 53.1 Å². The Bertz CT molecular complexity index is 1090. The van der Waals surface area contributed by atoms with Crippen molar-refractivity contribution in [3.63, 3.8) is 0 Å². The molecule has 11 heteroatoms. The van der Waals surface area contributed by atoms with E-state index in [-0.39, 0.29) is 36.9 Å². The fraction of sp³-hybridized carbons (Fsp3) is 0.879. The first-order valence-corrected chi connectivity index (χ1v) is 16.7. The third-order valence-corrected chi connectivity index (χ3v) is 12.3. The van der Waals surface area contributed by atoms with Crippen molar-refractivity contribution in [2.75, 3.05) is 13.2 Å². The number of fused-ring (bicyclic) bond motifs is 4. The zero-order chi connectivity index (χ0) is 30.6. The maximum atomic E-state index is 11.0. The van der Waals surface area contributed by atoms with E-state index in [2.05, 4.69) is 27.0 Å². The van der Waals surface area contributed by atoms with Gasteiger partial charge in [-0.2, -0.15) is 0 Å². The molecular formula is C33H48O11. The van der Waals surface area contributed by atoms with Gasteiger partial charge in [0.1, 0.15) is 6.10 Å². The summed E-state index contributed by atoms with van der Waals surface area (Å²) in [5.74, 6) is -0.482. The van der Waals surface area contributed by atoms with Crippen molar-refractivity contribution in [3.05, 3.63) is 24.3 Å². The number of hydrogen-bond acceptors (Lipinski definition) is 11. The van der Waals surface area contributed by atoms with Crippen molar-refractivity contribution in [1.29, 1.82) is 0 Å². The monoisotopic (exact) mass is 620 g/mol. The second-order valence-corrected chi connectivity index (χ2v) is 15.1. The first-order valence-electron chi connectivity index (χ1n) is 16.7. The molecule has 0 radical (unpaired) electrons. The molecule has 10 aliphatic rings. The lowest BCUT2D eigenvalue weighted by Crippen LogP contribution is -2.69. The number of aliphatic hydroxyl groups excluding tert-OH is 1. The van der Waals surface area contributed by atoms with Crippen LogP contribution in [0.15, 0.2) is 24.3 Å². The fourth-order valence-electron chi connectivity index (χ4n) is 9.85. The first kappa shape index (κ1) is 30.4. The molecule has 2 aliphatic carbocycles. The largest absolute Gasteiger partial charge is 0.388 e. The van der Waals surface area contributed by atoms with Crippen molar-refractivity contribution in [2.24, 2.45) is 35.5 Å². The second-order valence-electron chi connectivity index (χ2n) is 15.1. The topological polar surface area (TPSA) is 113 Å². The van der Waals surface area contributed by atoms with Gasteiger partial charge in [-0.1, -0.05) is 27.0 Å². The van der Waals surface area contributed by atoms with E-state index < -0.39 is 54.0 Å². The molecular weight excluding hydrogens is 572 g/mol. The van der Waals surface area contributed by atoms with E-state index in [0.29, 0.717) is 11.8 Å². The maximum Gasteiger partial charge on any atom is 0.201 e. The molecule has 8 saturated heterocycles. The molecule has 4 bridgehead atoms. The summed E-state index contributed by atoms with van der Waals surface area (Å²) in [6, 6.07) is 0. The maximum absolute atomic E-state index is 11.0. The molecule has 10 rings (SSSR count). The highest BCUT2D eigenvalue weighted by atomic mass is 17.3. The highest BCUT2D eigenvalue weighted by Gasteiger charge is 2.70. The Hall–Kier alpha value is -0.960. The average Bonchev–Trinajstić information content (AvgIpc) is 3.37. The number of hydrogen-bond donors (Lipinski definition) is 1. The summed E-state index contributed by atoms with van der Waals surface area (Å²) in [6.07, 6.45) is 3.45. The van der Waals surface area contributed by atoms with Crippen LogP contribution in [0.2, 0.25) is 0 Å². The summed E-state index contributed by atoms with van der Waals surface area (Å²) in [7, 11) is 0. The van der Waals surface area contributed by atoms with Gasteiger partial charge in [-0.15, -0.1) is 0 Å². The Kier molecular flexibility index (Phi) is 7.26. The minimum Gasteiger partial charge on any atom is -0.388 e. The molecule has 1 N–H and O–H groups in total. The summed E-state index contributed by atoms with van der Waals surface area (Å²) in [4.78, 5) is 24.1. The van der Waals surface area contributed by atoms with E-state index in [1.54, 1.807) is 0 Å². The second kappa shape index (κ2) is 10.5. The van der Waals surface area contributed by atoms with Crippen LogP contribution in [0.1, 0.15) is 79.1 Å². The fourth-order valence-corrected chi connectivity index (χ4v) is 9.85. The Morgan fingerprint density at radius 1 is 0.705 bits per heavy atom. The average molecular weight is 621 g/mol. The molecule has 246 valence electrons. The van der Waals surface area contributed by atoms with Crippen LogP contribution in [-0.4, -0.2) is 72.4 Å². The molecule has 0 aromatic heterocycles. The molecule has 10 fully saturated rings. The van der Waals surface area contributed by atoms with Gasteiger partial charge in [0.2, 0.25) is 11.6 Å². The van der Waals surface area contributed by atoms with Gasteiger partial charge in [-0.05, 0) is 87.2 Å². The van der Waals surface area contributed by atoms with E-state index in [1.807, 2.05) is 13.8 Å². The molecule has 0 unspecified atom stereocenters. The smallest absolute Gasteiger partial charge is 0.201 e. The molecule has 8 aliphatic heterocycles. The normalized spacial score (nSPS) is 54.5. The highest BCUT2D eigenvalue weighted by Crippen LogP contribution is 2.62. The summed E-state index contributed by atoms with van der Waals surface area (Å²) in [6.45, 7) is 17.0. The molecule has 44 heavy (non-hydrogen) atoms. The van der Waals surface area contributed by atoms with Crippen LogP contribution in [0.25, 0.3) is 0 Å². The highest BCUT2D eigenvalue weighted by molar-refractivity contribution is 5.23. The van der Waals surface area contributed by atoms with Crippen LogP contribution in [0.3, 0.4) is 0 Å². The van der Waals surface area contributed by atoms with E-state index in [9.17, 15) is 5.11 Å². The Morgan fingerprint density at radius 2 is 1.14 bits per heavy atom. The van der Waals surface area contributed by atoms with Gasteiger partial charge in [-0.3, -0.25) is 0 Å². The standard InChI is InChI=1S/C33H48O11/c1-17-7-9-24-19(3)26(37-28-32(24)22(17)11-13-30(5,39-28)41-43-32)35-15-21(34)16-36-27-20(4)25-10-8-18(2)23-12-14-31(6)40-29(38-27)33(23,25)44-42-31/h17-18,21-29,34H,3-4,7-16H2,1-2,5-6H3/t17-,18-,22+,23+,24+,25+,26+,27+,28-,29-,30+,31+,32-,33-/m1/s1. The Balaban J connectivity index is 0.919. The molecule has 2 spiro atoms. The van der Waals surface area contributed by atoms with E-state index in [4.69, 9.17) is 48.0 Å². The number of rotatable bonds is 6. The van der Waals surface area contributed by atoms with Gasteiger partial charge in [0, 0.05) is 24.7 Å². The number of aliphatic hydroxyl groups is 1. The molecule has 11 nitrogen and oxygen atoms in total. The van der Waals surface area contributed by atoms with Gasteiger partial charge >= 0.3 is 0 Å². The minimum absolute atomic E-state index is 0.0221. The van der Waals surface area contributed by atoms with E-state index in [0.717, 1.165) is 62.5 Å². The van der Waals surface area contributed by atoms with Gasteiger partial charge in [0.15, 0.2) is 36.4 Å². The van der Waals surface area contributed by atoms with Crippen LogP contribution in [0.5, 0.6) is 0 Å². The van der Waals surface area contributed by atoms with Crippen LogP contribution in [0.4, 0.5) is 0 Å².